The van der Waals surface area contributed by atoms with E-state index in [1.807, 2.05) is 6.07 Å². The first-order valence-corrected chi connectivity index (χ1v) is 6.27. The van der Waals surface area contributed by atoms with Crippen LogP contribution in [0.25, 0.3) is 0 Å². The lowest BCUT2D eigenvalue weighted by Gasteiger charge is -2.30. The van der Waals surface area contributed by atoms with Gasteiger partial charge >= 0.3 is 0 Å². The molecule has 94 valence electrons. The van der Waals surface area contributed by atoms with Crippen LogP contribution in [0.1, 0.15) is 25.3 Å². The number of rotatable bonds is 3. The topological polar surface area (TPSA) is 32.7 Å². The van der Waals surface area contributed by atoms with Crippen LogP contribution in [-0.2, 0) is 6.54 Å². The number of phenolic OH excluding ortho intramolecular Hbond substituents is 1. The molecule has 0 aliphatic carbocycles. The van der Waals surface area contributed by atoms with E-state index in [2.05, 4.69) is 11.8 Å². The van der Waals surface area contributed by atoms with Gasteiger partial charge in [-0.25, -0.2) is 0 Å². The number of phenols is 1. The highest BCUT2D eigenvalue weighted by molar-refractivity contribution is 5.39. The van der Waals surface area contributed by atoms with Gasteiger partial charge in [0.25, 0.3) is 0 Å². The van der Waals surface area contributed by atoms with Gasteiger partial charge in [0, 0.05) is 12.1 Å². The maximum atomic E-state index is 9.83. The third-order valence-corrected chi connectivity index (χ3v) is 3.56. The van der Waals surface area contributed by atoms with Crippen molar-refractivity contribution in [3.05, 3.63) is 23.8 Å². The van der Waals surface area contributed by atoms with Crippen LogP contribution in [0, 0.1) is 5.92 Å². The number of nitrogens with zero attached hydrogens (tertiary/aromatic N) is 1. The van der Waals surface area contributed by atoms with E-state index >= 15 is 0 Å². The molecule has 1 saturated heterocycles. The molecule has 3 nitrogen and oxygen atoms in total. The average molecular weight is 235 g/mol. The summed E-state index contributed by atoms with van der Waals surface area (Å²) in [7, 11) is 1.65. The van der Waals surface area contributed by atoms with E-state index in [0.29, 0.717) is 5.75 Å². The molecule has 0 amide bonds. The van der Waals surface area contributed by atoms with Gasteiger partial charge in [-0.3, -0.25) is 4.90 Å². The Morgan fingerprint density at radius 1 is 1.35 bits per heavy atom. The number of hydrogen-bond donors (Lipinski definition) is 1. The van der Waals surface area contributed by atoms with E-state index in [-0.39, 0.29) is 0 Å². The van der Waals surface area contributed by atoms with Crippen LogP contribution in [0.15, 0.2) is 18.2 Å². The Balaban J connectivity index is 2.02. The summed E-state index contributed by atoms with van der Waals surface area (Å²) < 4.78 is 5.19. The van der Waals surface area contributed by atoms with Crippen molar-refractivity contribution in [3.8, 4) is 11.5 Å². The summed E-state index contributed by atoms with van der Waals surface area (Å²) in [5.41, 5.74) is 0.957. The van der Waals surface area contributed by atoms with Crippen LogP contribution in [0.3, 0.4) is 0 Å². The summed E-state index contributed by atoms with van der Waals surface area (Å²) in [5.74, 6) is 2.01. The van der Waals surface area contributed by atoms with Crippen LogP contribution in [-0.4, -0.2) is 30.2 Å². The van der Waals surface area contributed by atoms with Gasteiger partial charge in [-0.15, -0.1) is 0 Å². The van der Waals surface area contributed by atoms with Crippen molar-refractivity contribution in [3.63, 3.8) is 0 Å². The van der Waals surface area contributed by atoms with E-state index in [9.17, 15) is 5.11 Å². The Morgan fingerprint density at radius 3 is 2.71 bits per heavy atom. The predicted molar refractivity (Wildman–Crippen MR) is 68.3 cm³/mol. The van der Waals surface area contributed by atoms with Crippen LogP contribution >= 0.6 is 0 Å². The largest absolute Gasteiger partial charge is 0.508 e. The Bertz CT molecular complexity index is 370. The maximum absolute atomic E-state index is 9.83. The second-order valence-electron chi connectivity index (χ2n) is 4.95. The third kappa shape index (κ3) is 3.13. The van der Waals surface area contributed by atoms with Crippen LogP contribution in [0.4, 0.5) is 0 Å². The number of aromatic hydroxyl groups is 1. The fourth-order valence-corrected chi connectivity index (χ4v) is 2.28. The van der Waals surface area contributed by atoms with Crippen molar-refractivity contribution in [2.45, 2.75) is 26.3 Å². The molecule has 17 heavy (non-hydrogen) atoms. The molecule has 0 bridgehead atoms. The standard InChI is InChI=1S/C14H21NO2/c1-11-5-7-15(8-6-11)10-12-9-13(17-2)3-4-14(12)16/h3-4,9,11,16H,5-8,10H2,1-2H3. The molecule has 0 aromatic heterocycles. The SMILES string of the molecule is COc1ccc(O)c(CN2CCC(C)CC2)c1. The van der Waals surface area contributed by atoms with Crippen molar-refractivity contribution < 1.29 is 9.84 Å². The Labute approximate surface area is 103 Å². The molecule has 1 aliphatic rings. The van der Waals surface area contributed by atoms with Crippen molar-refractivity contribution in [2.24, 2.45) is 5.92 Å². The van der Waals surface area contributed by atoms with Crippen LogP contribution in [0.2, 0.25) is 0 Å². The highest BCUT2D eigenvalue weighted by Crippen LogP contribution is 2.26. The fraction of sp³-hybridized carbons (Fsp3) is 0.571. The summed E-state index contributed by atoms with van der Waals surface area (Å²) in [5, 5.41) is 9.83. The van der Waals surface area contributed by atoms with Crippen molar-refractivity contribution in [2.75, 3.05) is 20.2 Å². The summed E-state index contributed by atoms with van der Waals surface area (Å²) in [6.07, 6.45) is 2.51. The predicted octanol–water partition coefficient (Wildman–Crippen LogP) is 2.63. The molecule has 1 aliphatic heterocycles. The van der Waals surface area contributed by atoms with Gasteiger partial charge in [0.1, 0.15) is 11.5 Å². The first kappa shape index (κ1) is 12.2. The number of methoxy groups -OCH3 is 1. The van der Waals surface area contributed by atoms with Crippen molar-refractivity contribution >= 4 is 0 Å². The quantitative estimate of drug-likeness (QED) is 0.874. The van der Waals surface area contributed by atoms with Gasteiger partial charge in [-0.1, -0.05) is 6.92 Å². The highest BCUT2D eigenvalue weighted by Gasteiger charge is 2.17. The zero-order valence-corrected chi connectivity index (χ0v) is 10.6. The molecule has 2 rings (SSSR count). The second-order valence-corrected chi connectivity index (χ2v) is 4.95. The van der Waals surface area contributed by atoms with Gasteiger partial charge in [0.15, 0.2) is 0 Å². The summed E-state index contributed by atoms with van der Waals surface area (Å²) in [4.78, 5) is 2.40. The van der Waals surface area contributed by atoms with E-state index < -0.39 is 0 Å². The first-order chi connectivity index (χ1) is 8.19. The lowest BCUT2D eigenvalue weighted by molar-refractivity contribution is 0.183. The minimum atomic E-state index is 0.365. The third-order valence-electron chi connectivity index (χ3n) is 3.56. The van der Waals surface area contributed by atoms with Crippen LogP contribution < -0.4 is 4.74 Å². The maximum Gasteiger partial charge on any atom is 0.120 e. The van der Waals surface area contributed by atoms with E-state index in [1.54, 1.807) is 19.2 Å². The van der Waals surface area contributed by atoms with Gasteiger partial charge in [-0.2, -0.15) is 0 Å². The molecular formula is C14H21NO2. The second kappa shape index (κ2) is 5.41. The van der Waals surface area contributed by atoms with Crippen LogP contribution in [0.5, 0.6) is 11.5 Å². The molecule has 0 unspecified atom stereocenters. The molecule has 0 radical (unpaired) electrons. The number of hydrogen-bond acceptors (Lipinski definition) is 3. The summed E-state index contributed by atoms with van der Waals surface area (Å²) >= 11 is 0. The van der Waals surface area contributed by atoms with E-state index in [0.717, 1.165) is 36.9 Å². The molecule has 1 fully saturated rings. The Hall–Kier alpha value is -1.22. The number of piperidine rings is 1. The smallest absolute Gasteiger partial charge is 0.120 e. The van der Waals surface area contributed by atoms with E-state index in [4.69, 9.17) is 4.74 Å². The molecule has 1 heterocycles. The average Bonchev–Trinajstić information content (AvgIpc) is 2.35. The zero-order valence-electron chi connectivity index (χ0n) is 10.6. The lowest BCUT2D eigenvalue weighted by atomic mass is 9.99. The molecule has 1 N–H and O–H groups in total. The normalized spacial score (nSPS) is 18.2. The lowest BCUT2D eigenvalue weighted by Crippen LogP contribution is -2.32. The van der Waals surface area contributed by atoms with Crippen molar-refractivity contribution in [1.82, 2.24) is 4.90 Å². The molecule has 3 heteroatoms. The molecule has 1 aromatic carbocycles. The monoisotopic (exact) mass is 235 g/mol. The molecule has 0 spiro atoms. The van der Waals surface area contributed by atoms with Crippen molar-refractivity contribution in [1.29, 1.82) is 0 Å². The summed E-state index contributed by atoms with van der Waals surface area (Å²) in [6.45, 7) is 5.37. The zero-order chi connectivity index (χ0) is 12.3. The molecular weight excluding hydrogens is 214 g/mol. The number of benzene rings is 1. The Kier molecular flexibility index (Phi) is 3.89. The number of ether oxygens (including phenoxy) is 1. The minimum Gasteiger partial charge on any atom is -0.508 e. The molecule has 0 atom stereocenters. The van der Waals surface area contributed by atoms with Gasteiger partial charge in [-0.05, 0) is 50.0 Å². The van der Waals surface area contributed by atoms with Gasteiger partial charge in [0.2, 0.25) is 0 Å². The fourth-order valence-electron chi connectivity index (χ4n) is 2.28. The van der Waals surface area contributed by atoms with Gasteiger partial charge in [0.05, 0.1) is 7.11 Å². The Morgan fingerprint density at radius 2 is 2.06 bits per heavy atom. The molecule has 1 aromatic rings. The van der Waals surface area contributed by atoms with E-state index in [1.165, 1.54) is 12.8 Å². The highest BCUT2D eigenvalue weighted by atomic mass is 16.5. The first-order valence-electron chi connectivity index (χ1n) is 6.27. The number of likely N-dealkylation sites (tertiary alicyclic amines) is 1. The summed E-state index contributed by atoms with van der Waals surface area (Å²) in [6, 6.07) is 5.42. The molecule has 0 saturated carbocycles. The minimum absolute atomic E-state index is 0.365. The van der Waals surface area contributed by atoms with Gasteiger partial charge < -0.3 is 9.84 Å².